The van der Waals surface area contributed by atoms with Crippen LogP contribution in [0.2, 0.25) is 0 Å². The highest BCUT2D eigenvalue weighted by atomic mass is 32.2. The molecule has 2 saturated heterocycles. The number of carbonyl (C=O) groups is 2. The van der Waals surface area contributed by atoms with E-state index >= 15 is 0 Å². The number of carbonyl (C=O) groups excluding carboxylic acids is 2. The summed E-state index contributed by atoms with van der Waals surface area (Å²) in [5.74, 6) is -0.0592. The van der Waals surface area contributed by atoms with Crippen molar-refractivity contribution in [2.75, 3.05) is 20.2 Å². The van der Waals surface area contributed by atoms with Crippen molar-refractivity contribution >= 4 is 22.0 Å². The molecule has 27 heavy (non-hydrogen) atoms. The second-order valence-corrected chi connectivity index (χ2v) is 8.81. The second-order valence-electron chi connectivity index (χ2n) is 7.09. The van der Waals surface area contributed by atoms with E-state index in [4.69, 9.17) is 4.74 Å². The van der Waals surface area contributed by atoms with Gasteiger partial charge in [0.2, 0.25) is 10.0 Å². The van der Waals surface area contributed by atoms with Crippen LogP contribution < -0.4 is 25.4 Å². The maximum Gasteiger partial charge on any atom is 0.322 e. The first-order valence-corrected chi connectivity index (χ1v) is 10.2. The Morgan fingerprint density at radius 2 is 2.04 bits per heavy atom. The van der Waals surface area contributed by atoms with E-state index in [0.717, 1.165) is 13.0 Å². The molecule has 3 atom stereocenters. The number of imide groups is 1. The molecule has 0 spiro atoms. The lowest BCUT2D eigenvalue weighted by Gasteiger charge is -2.30. The fourth-order valence-electron chi connectivity index (χ4n) is 3.39. The molecule has 4 N–H and O–H groups in total. The number of urea groups is 1. The number of amides is 3. The van der Waals surface area contributed by atoms with Crippen molar-refractivity contribution in [2.45, 2.75) is 36.7 Å². The Kier molecular flexibility index (Phi) is 5.15. The van der Waals surface area contributed by atoms with Crippen LogP contribution in [0.4, 0.5) is 4.79 Å². The lowest BCUT2D eigenvalue weighted by molar-refractivity contribution is -0.123. The van der Waals surface area contributed by atoms with Crippen LogP contribution in [0, 0.1) is 5.92 Å². The molecule has 1 aromatic rings. The summed E-state index contributed by atoms with van der Waals surface area (Å²) in [6.45, 7) is 4.92. The van der Waals surface area contributed by atoms with Crippen LogP contribution >= 0.6 is 0 Å². The summed E-state index contributed by atoms with van der Waals surface area (Å²) < 4.78 is 33.8. The van der Waals surface area contributed by atoms with Crippen LogP contribution in [0.3, 0.4) is 0 Å². The Balaban J connectivity index is 1.97. The van der Waals surface area contributed by atoms with E-state index in [2.05, 4.69) is 20.7 Å². The van der Waals surface area contributed by atoms with E-state index in [1.165, 1.54) is 32.2 Å². The molecule has 148 valence electrons. The Hall–Kier alpha value is -2.17. The van der Waals surface area contributed by atoms with Gasteiger partial charge in [0.15, 0.2) is 0 Å². The molecule has 0 aliphatic carbocycles. The number of nitrogens with one attached hydrogen (secondary N) is 4. The fraction of sp³-hybridized carbons (Fsp3) is 0.529. The Labute approximate surface area is 158 Å². The molecule has 3 amide bonds. The summed E-state index contributed by atoms with van der Waals surface area (Å²) in [6.07, 6.45) is 0.880. The van der Waals surface area contributed by atoms with Crippen molar-refractivity contribution in [1.29, 1.82) is 0 Å². The predicted molar refractivity (Wildman–Crippen MR) is 97.8 cm³/mol. The Morgan fingerprint density at radius 3 is 2.63 bits per heavy atom. The third-order valence-electron chi connectivity index (χ3n) is 5.20. The predicted octanol–water partition coefficient (Wildman–Crippen LogP) is 0.0261. The maximum absolute atomic E-state index is 12.9. The van der Waals surface area contributed by atoms with Gasteiger partial charge < -0.3 is 15.4 Å². The SMILES string of the molecule is COc1ccc(S(=O)(=O)NC2CNCCC2C)cc1C1(C)NC(=O)NC1=O. The lowest BCUT2D eigenvalue weighted by Crippen LogP contribution is -2.50. The van der Waals surface area contributed by atoms with Crippen molar-refractivity contribution in [3.05, 3.63) is 23.8 Å². The minimum Gasteiger partial charge on any atom is -0.496 e. The molecule has 2 fully saturated rings. The number of sulfonamides is 1. The van der Waals surface area contributed by atoms with Crippen LogP contribution in [0.15, 0.2) is 23.1 Å². The number of hydrogen-bond acceptors (Lipinski definition) is 6. The number of hydrogen-bond donors (Lipinski definition) is 4. The highest BCUT2D eigenvalue weighted by Crippen LogP contribution is 2.34. The molecule has 0 saturated carbocycles. The quantitative estimate of drug-likeness (QED) is 0.520. The van der Waals surface area contributed by atoms with E-state index in [1.807, 2.05) is 6.92 Å². The summed E-state index contributed by atoms with van der Waals surface area (Å²) in [5, 5.41) is 7.89. The number of piperidine rings is 1. The minimum atomic E-state index is -3.82. The molecule has 3 unspecified atom stereocenters. The van der Waals surface area contributed by atoms with E-state index in [-0.39, 0.29) is 22.4 Å². The van der Waals surface area contributed by atoms with Crippen LogP contribution in [-0.4, -0.2) is 46.6 Å². The van der Waals surface area contributed by atoms with Crippen molar-refractivity contribution in [3.63, 3.8) is 0 Å². The Morgan fingerprint density at radius 1 is 1.30 bits per heavy atom. The first-order chi connectivity index (χ1) is 12.7. The minimum absolute atomic E-state index is 0.00578. The average molecular weight is 396 g/mol. The Bertz CT molecular complexity index is 872. The number of benzene rings is 1. The fourth-order valence-corrected chi connectivity index (χ4v) is 4.76. The molecule has 2 aliphatic heterocycles. The summed E-state index contributed by atoms with van der Waals surface area (Å²) in [6, 6.07) is 3.41. The van der Waals surface area contributed by atoms with E-state index < -0.39 is 27.5 Å². The molecule has 0 bridgehead atoms. The molecular formula is C17H24N4O5S. The zero-order chi connectivity index (χ0) is 19.8. The van der Waals surface area contributed by atoms with E-state index in [0.29, 0.717) is 12.3 Å². The molecule has 0 radical (unpaired) electrons. The molecular weight excluding hydrogens is 372 g/mol. The summed E-state index contributed by atoms with van der Waals surface area (Å²) >= 11 is 0. The van der Waals surface area contributed by atoms with Gasteiger partial charge in [-0.1, -0.05) is 6.92 Å². The van der Waals surface area contributed by atoms with E-state index in [1.54, 1.807) is 0 Å². The first kappa shape index (κ1) is 19.6. The molecule has 2 heterocycles. The van der Waals surface area contributed by atoms with Gasteiger partial charge in [0.1, 0.15) is 11.3 Å². The van der Waals surface area contributed by atoms with Crippen LogP contribution in [0.1, 0.15) is 25.8 Å². The highest BCUT2D eigenvalue weighted by molar-refractivity contribution is 7.89. The van der Waals surface area contributed by atoms with Crippen molar-refractivity contribution in [2.24, 2.45) is 5.92 Å². The lowest BCUT2D eigenvalue weighted by atomic mass is 9.91. The first-order valence-electron chi connectivity index (χ1n) is 8.72. The van der Waals surface area contributed by atoms with Gasteiger partial charge in [-0.3, -0.25) is 10.1 Å². The van der Waals surface area contributed by atoms with Crippen LogP contribution in [-0.2, 0) is 20.4 Å². The molecule has 1 aromatic carbocycles. The van der Waals surface area contributed by atoms with Gasteiger partial charge in [-0.25, -0.2) is 17.9 Å². The van der Waals surface area contributed by atoms with Crippen LogP contribution in [0.5, 0.6) is 5.75 Å². The average Bonchev–Trinajstić information content (AvgIpc) is 2.89. The van der Waals surface area contributed by atoms with Crippen molar-refractivity contribution in [3.8, 4) is 5.75 Å². The highest BCUT2D eigenvalue weighted by Gasteiger charge is 2.45. The van der Waals surface area contributed by atoms with Crippen molar-refractivity contribution in [1.82, 2.24) is 20.7 Å². The third-order valence-corrected chi connectivity index (χ3v) is 6.69. The zero-order valence-electron chi connectivity index (χ0n) is 15.5. The van der Waals surface area contributed by atoms with Gasteiger partial charge in [-0.05, 0) is 44.0 Å². The van der Waals surface area contributed by atoms with Crippen LogP contribution in [0.25, 0.3) is 0 Å². The van der Waals surface area contributed by atoms with Gasteiger partial charge in [0, 0.05) is 18.2 Å². The summed E-state index contributed by atoms with van der Waals surface area (Å²) in [5.41, 5.74) is -1.15. The molecule has 9 nitrogen and oxygen atoms in total. The number of methoxy groups -OCH3 is 1. The third kappa shape index (κ3) is 3.64. The number of ether oxygens (including phenoxy) is 1. The number of rotatable bonds is 5. The summed E-state index contributed by atoms with van der Waals surface area (Å²) in [4.78, 5) is 23.9. The maximum atomic E-state index is 12.9. The van der Waals surface area contributed by atoms with Gasteiger partial charge in [0.05, 0.1) is 12.0 Å². The molecule has 10 heteroatoms. The van der Waals surface area contributed by atoms with Crippen molar-refractivity contribution < 1.29 is 22.7 Å². The monoisotopic (exact) mass is 396 g/mol. The molecule has 3 rings (SSSR count). The normalized spacial score (nSPS) is 28.6. The molecule has 0 aromatic heterocycles. The van der Waals surface area contributed by atoms with E-state index in [9.17, 15) is 18.0 Å². The largest absolute Gasteiger partial charge is 0.496 e. The topological polar surface area (TPSA) is 126 Å². The smallest absolute Gasteiger partial charge is 0.322 e. The zero-order valence-corrected chi connectivity index (χ0v) is 16.3. The van der Waals surface area contributed by atoms with Gasteiger partial charge >= 0.3 is 6.03 Å². The molecule has 2 aliphatic rings. The standard InChI is InChI=1S/C17H24N4O5S/c1-10-6-7-18-9-13(10)21-27(24,25)11-4-5-14(26-3)12(8-11)17(2)15(22)19-16(23)20-17/h4-5,8,10,13,18,21H,6-7,9H2,1-3H3,(H2,19,20,22,23). The van der Waals surface area contributed by atoms with Gasteiger partial charge in [-0.2, -0.15) is 0 Å². The van der Waals surface area contributed by atoms with Gasteiger partial charge in [-0.15, -0.1) is 0 Å². The van der Waals surface area contributed by atoms with Gasteiger partial charge in [0.25, 0.3) is 5.91 Å². The second kappa shape index (κ2) is 7.10. The summed E-state index contributed by atoms with van der Waals surface area (Å²) in [7, 11) is -2.40.